The first-order valence-electron chi connectivity index (χ1n) is 13.0. The minimum Gasteiger partial charge on any atom is -0.366 e. The van der Waals surface area contributed by atoms with Gasteiger partial charge in [0.2, 0.25) is 5.91 Å². The monoisotopic (exact) mass is 489 g/mol. The Hall–Kier alpha value is -3.19. The van der Waals surface area contributed by atoms with Crippen LogP contribution < -0.4 is 15.8 Å². The Morgan fingerprint density at radius 3 is 2.58 bits per heavy atom. The van der Waals surface area contributed by atoms with Crippen molar-refractivity contribution in [2.45, 2.75) is 60.0 Å². The van der Waals surface area contributed by atoms with Crippen LogP contribution in [0.2, 0.25) is 0 Å². The number of amides is 1. The van der Waals surface area contributed by atoms with Crippen LogP contribution in [-0.4, -0.2) is 59.1 Å². The summed E-state index contributed by atoms with van der Waals surface area (Å²) >= 11 is 0. The number of hydrogen-bond acceptors (Lipinski definition) is 5. The van der Waals surface area contributed by atoms with Gasteiger partial charge in [0, 0.05) is 50.9 Å². The lowest BCUT2D eigenvalue weighted by Gasteiger charge is -2.41. The number of nitrogens with zero attached hydrogens (tertiary/aromatic N) is 4. The molecule has 192 valence electrons. The van der Waals surface area contributed by atoms with Crippen LogP contribution in [0.5, 0.6) is 0 Å². The van der Waals surface area contributed by atoms with E-state index in [1.807, 2.05) is 26.0 Å². The molecule has 1 saturated heterocycles. The molecule has 1 fully saturated rings. The summed E-state index contributed by atoms with van der Waals surface area (Å²) in [6.45, 7) is 15.3. The normalized spacial score (nSPS) is 16.5. The molecule has 0 aliphatic carbocycles. The summed E-state index contributed by atoms with van der Waals surface area (Å²) in [6, 6.07) is 13.2. The van der Waals surface area contributed by atoms with Gasteiger partial charge in [-0.2, -0.15) is 0 Å². The number of hydrogen-bond donors (Lipinski definition) is 1. The number of aryl methyl sites for hydroxylation is 5. The van der Waals surface area contributed by atoms with E-state index in [0.29, 0.717) is 24.8 Å². The Kier molecular flexibility index (Phi) is 8.09. The van der Waals surface area contributed by atoms with Crippen LogP contribution in [-0.2, 0) is 11.3 Å². The summed E-state index contributed by atoms with van der Waals surface area (Å²) in [7, 11) is 0. The van der Waals surface area contributed by atoms with Gasteiger partial charge in [0.1, 0.15) is 5.69 Å². The van der Waals surface area contributed by atoms with Crippen molar-refractivity contribution in [1.82, 2.24) is 19.8 Å². The van der Waals surface area contributed by atoms with Crippen LogP contribution in [0.25, 0.3) is 11.0 Å². The lowest BCUT2D eigenvalue weighted by Crippen LogP contribution is -2.52. The second-order valence-electron chi connectivity index (χ2n) is 10.2. The Labute approximate surface area is 214 Å². The van der Waals surface area contributed by atoms with Gasteiger partial charge in [0.05, 0.1) is 11.0 Å². The Morgan fingerprint density at radius 1 is 1.06 bits per heavy atom. The minimum absolute atomic E-state index is 0.0222. The third-order valence-corrected chi connectivity index (χ3v) is 7.31. The second kappa shape index (κ2) is 11.2. The molecule has 1 atom stereocenters. The van der Waals surface area contributed by atoms with Crippen molar-refractivity contribution in [2.24, 2.45) is 0 Å². The molecule has 36 heavy (non-hydrogen) atoms. The number of piperazine rings is 1. The largest absolute Gasteiger partial charge is 0.366 e. The van der Waals surface area contributed by atoms with Gasteiger partial charge in [-0.05, 0) is 88.5 Å². The smallest absolute Gasteiger partial charge is 0.272 e. The highest BCUT2D eigenvalue weighted by molar-refractivity contribution is 5.78. The number of nitrogens with one attached hydrogen (secondary N) is 1. The molecule has 1 amide bonds. The Balaban J connectivity index is 1.24. The molecule has 4 rings (SSSR count). The van der Waals surface area contributed by atoms with E-state index in [2.05, 4.69) is 58.2 Å². The third kappa shape index (κ3) is 5.95. The predicted molar refractivity (Wildman–Crippen MR) is 147 cm³/mol. The molecule has 2 heterocycles. The van der Waals surface area contributed by atoms with Crippen molar-refractivity contribution in [3.05, 3.63) is 69.1 Å². The zero-order valence-corrected chi connectivity index (χ0v) is 22.3. The molecule has 7 heteroatoms. The molecular weight excluding hydrogens is 450 g/mol. The van der Waals surface area contributed by atoms with Crippen LogP contribution in [0.4, 0.5) is 5.69 Å². The topological polar surface area (TPSA) is 70.5 Å². The van der Waals surface area contributed by atoms with E-state index in [1.54, 1.807) is 11.5 Å². The van der Waals surface area contributed by atoms with Gasteiger partial charge < -0.3 is 14.8 Å². The highest BCUT2D eigenvalue weighted by Gasteiger charge is 2.23. The van der Waals surface area contributed by atoms with Gasteiger partial charge in [0.15, 0.2) is 0 Å². The highest BCUT2D eigenvalue weighted by Crippen LogP contribution is 2.22. The van der Waals surface area contributed by atoms with Gasteiger partial charge in [-0.1, -0.05) is 12.1 Å². The molecule has 2 aromatic carbocycles. The first-order valence-corrected chi connectivity index (χ1v) is 13.0. The van der Waals surface area contributed by atoms with Gasteiger partial charge in [-0.15, -0.1) is 0 Å². The van der Waals surface area contributed by atoms with Crippen molar-refractivity contribution in [3.63, 3.8) is 0 Å². The van der Waals surface area contributed by atoms with Gasteiger partial charge in [-0.3, -0.25) is 14.5 Å². The summed E-state index contributed by atoms with van der Waals surface area (Å²) in [5.74, 6) is -0.0222. The molecule has 1 unspecified atom stereocenters. The van der Waals surface area contributed by atoms with Crippen LogP contribution in [0.15, 0.2) is 41.2 Å². The number of carbonyl (C=O) groups excluding carboxylic acids is 1. The highest BCUT2D eigenvalue weighted by atomic mass is 16.2. The molecule has 0 bridgehead atoms. The zero-order chi connectivity index (χ0) is 25.8. The van der Waals surface area contributed by atoms with E-state index >= 15 is 0 Å². The first kappa shape index (κ1) is 25.9. The van der Waals surface area contributed by atoms with E-state index < -0.39 is 0 Å². The fraction of sp³-hybridized carbons (Fsp3) is 0.483. The first-order chi connectivity index (χ1) is 17.2. The number of benzene rings is 2. The van der Waals surface area contributed by atoms with Gasteiger partial charge >= 0.3 is 0 Å². The molecule has 1 aromatic heterocycles. The van der Waals surface area contributed by atoms with Crippen LogP contribution in [0.1, 0.15) is 42.1 Å². The fourth-order valence-corrected chi connectivity index (χ4v) is 5.11. The van der Waals surface area contributed by atoms with Crippen molar-refractivity contribution in [1.29, 1.82) is 0 Å². The number of anilines is 1. The molecule has 0 spiro atoms. The van der Waals surface area contributed by atoms with E-state index in [1.165, 1.54) is 11.3 Å². The standard InChI is InChI=1S/C29H39N5O2/c1-20-8-6-9-25(16-20)33-15-14-32(19-23(33)4)12-7-11-30-28(35)10-13-34-27-18-22(3)21(2)17-26(27)31-24(5)29(34)36/h6,8-9,16-18,23H,7,10-15,19H2,1-5H3,(H,30,35). The quantitative estimate of drug-likeness (QED) is 0.488. The third-order valence-electron chi connectivity index (χ3n) is 7.31. The van der Waals surface area contributed by atoms with Crippen LogP contribution in [0.3, 0.4) is 0 Å². The maximum atomic E-state index is 12.7. The molecule has 1 aliphatic rings. The number of rotatable bonds is 8. The van der Waals surface area contributed by atoms with Gasteiger partial charge in [-0.25, -0.2) is 4.98 Å². The molecule has 0 saturated carbocycles. The Morgan fingerprint density at radius 2 is 1.83 bits per heavy atom. The molecule has 3 aromatic rings. The summed E-state index contributed by atoms with van der Waals surface area (Å²) in [5.41, 5.74) is 6.77. The molecule has 7 nitrogen and oxygen atoms in total. The number of aromatic nitrogens is 2. The van der Waals surface area contributed by atoms with Crippen molar-refractivity contribution in [3.8, 4) is 0 Å². The second-order valence-corrected chi connectivity index (χ2v) is 10.2. The zero-order valence-electron chi connectivity index (χ0n) is 22.3. The summed E-state index contributed by atoms with van der Waals surface area (Å²) < 4.78 is 1.69. The minimum atomic E-state index is -0.127. The Bertz CT molecular complexity index is 1300. The summed E-state index contributed by atoms with van der Waals surface area (Å²) in [5, 5.41) is 3.04. The maximum absolute atomic E-state index is 12.7. The molecule has 1 N–H and O–H groups in total. The van der Waals surface area contributed by atoms with E-state index in [4.69, 9.17) is 0 Å². The molecular formula is C29H39N5O2. The predicted octanol–water partition coefficient (Wildman–Crippen LogP) is 3.74. The fourth-order valence-electron chi connectivity index (χ4n) is 5.11. The average molecular weight is 490 g/mol. The lowest BCUT2D eigenvalue weighted by molar-refractivity contribution is -0.121. The lowest BCUT2D eigenvalue weighted by atomic mass is 10.1. The number of carbonyl (C=O) groups is 1. The van der Waals surface area contributed by atoms with E-state index in [9.17, 15) is 9.59 Å². The van der Waals surface area contributed by atoms with Crippen LogP contribution in [0, 0.1) is 27.7 Å². The summed E-state index contributed by atoms with van der Waals surface area (Å²) in [4.78, 5) is 34.7. The summed E-state index contributed by atoms with van der Waals surface area (Å²) in [6.07, 6.45) is 1.19. The van der Waals surface area contributed by atoms with Crippen molar-refractivity contribution < 1.29 is 4.79 Å². The van der Waals surface area contributed by atoms with E-state index in [-0.39, 0.29) is 17.9 Å². The van der Waals surface area contributed by atoms with Crippen molar-refractivity contribution in [2.75, 3.05) is 37.6 Å². The molecule has 1 aliphatic heterocycles. The number of fused-ring (bicyclic) bond motifs is 1. The maximum Gasteiger partial charge on any atom is 0.272 e. The van der Waals surface area contributed by atoms with E-state index in [0.717, 1.165) is 54.8 Å². The van der Waals surface area contributed by atoms with Gasteiger partial charge in [0.25, 0.3) is 5.56 Å². The average Bonchev–Trinajstić information content (AvgIpc) is 2.84. The SMILES string of the molecule is Cc1cccc(N2CCN(CCCNC(=O)CCn3c(=O)c(C)nc4cc(C)c(C)cc43)CC2C)c1. The van der Waals surface area contributed by atoms with Crippen molar-refractivity contribution >= 4 is 22.6 Å². The molecule has 0 radical (unpaired) electrons. The van der Waals surface area contributed by atoms with Crippen LogP contribution >= 0.6 is 0 Å².